The Morgan fingerprint density at radius 2 is 1.96 bits per heavy atom. The summed E-state index contributed by atoms with van der Waals surface area (Å²) in [5.41, 5.74) is 8.85. The quantitative estimate of drug-likeness (QED) is 0.556. The number of nitrogens with one attached hydrogen (secondary N) is 2. The molecule has 0 saturated heterocycles. The van der Waals surface area contributed by atoms with E-state index in [1.165, 1.54) is 5.56 Å². The molecule has 1 aromatic heterocycles. The summed E-state index contributed by atoms with van der Waals surface area (Å²) in [5.74, 6) is 1.14. The van der Waals surface area contributed by atoms with E-state index in [1.54, 1.807) is 6.07 Å². The topological polar surface area (TPSA) is 92.4 Å². The predicted octanol–water partition coefficient (Wildman–Crippen LogP) is 3.27. The number of hydrogen-bond donors (Lipinski definition) is 3. The molecule has 0 saturated carbocycles. The number of amides is 1. The fraction of sp³-hybridized carbons (Fsp3) is 0.316. The van der Waals surface area contributed by atoms with Crippen LogP contribution in [0.5, 0.6) is 0 Å². The summed E-state index contributed by atoms with van der Waals surface area (Å²) >= 11 is 0. The Bertz CT molecular complexity index is 755. The molecule has 1 amide bonds. The Morgan fingerprint density at radius 1 is 1.20 bits per heavy atom. The summed E-state index contributed by atoms with van der Waals surface area (Å²) in [7, 11) is 0. The van der Waals surface area contributed by atoms with Crippen LogP contribution in [0.4, 0.5) is 11.5 Å². The van der Waals surface area contributed by atoms with Crippen LogP contribution >= 0.6 is 0 Å². The zero-order valence-corrected chi connectivity index (χ0v) is 14.9. The average molecular weight is 339 g/mol. The first-order valence-corrected chi connectivity index (χ1v) is 8.34. The number of hydrogen-bond acceptors (Lipinski definition) is 3. The number of pyridine rings is 1. The summed E-state index contributed by atoms with van der Waals surface area (Å²) in [6, 6.07) is 13.5. The molecule has 132 valence electrons. The van der Waals surface area contributed by atoms with Crippen molar-refractivity contribution in [2.45, 2.75) is 33.1 Å². The van der Waals surface area contributed by atoms with Gasteiger partial charge in [0.2, 0.25) is 5.91 Å². The maximum Gasteiger partial charge on any atom is 0.227 e. The number of guanidine groups is 1. The Balaban J connectivity index is 1.82. The van der Waals surface area contributed by atoms with Crippen LogP contribution in [0.1, 0.15) is 37.4 Å². The highest BCUT2D eigenvalue weighted by atomic mass is 16.1. The minimum atomic E-state index is -0.142. The Morgan fingerprint density at radius 3 is 2.68 bits per heavy atom. The molecule has 6 heteroatoms. The van der Waals surface area contributed by atoms with Crippen LogP contribution in [0.15, 0.2) is 47.5 Å². The number of rotatable bonds is 6. The smallest absolute Gasteiger partial charge is 0.227 e. The van der Waals surface area contributed by atoms with Gasteiger partial charge in [0.1, 0.15) is 5.82 Å². The number of aryl methyl sites for hydroxylation is 1. The van der Waals surface area contributed by atoms with E-state index in [9.17, 15) is 4.79 Å². The van der Waals surface area contributed by atoms with Crippen LogP contribution in [0, 0.1) is 6.92 Å². The number of nitrogens with zero attached hydrogens (tertiary/aromatic N) is 2. The van der Waals surface area contributed by atoms with E-state index < -0.39 is 0 Å². The minimum absolute atomic E-state index is 0.142. The van der Waals surface area contributed by atoms with E-state index in [4.69, 9.17) is 5.73 Å². The van der Waals surface area contributed by atoms with E-state index in [0.29, 0.717) is 24.2 Å². The second kappa shape index (κ2) is 8.82. The van der Waals surface area contributed by atoms with Crippen LogP contribution in [-0.4, -0.2) is 23.4 Å². The molecular weight excluding hydrogens is 314 g/mol. The van der Waals surface area contributed by atoms with Gasteiger partial charge in [0.15, 0.2) is 5.96 Å². The van der Waals surface area contributed by atoms with Crippen LogP contribution in [0.3, 0.4) is 0 Å². The summed E-state index contributed by atoms with van der Waals surface area (Å²) in [5, 5.41) is 5.80. The molecule has 0 spiro atoms. The Kier molecular flexibility index (Phi) is 6.51. The largest absolute Gasteiger partial charge is 0.370 e. The zero-order valence-electron chi connectivity index (χ0n) is 14.9. The molecule has 2 aromatic rings. The number of nitrogens with two attached hydrogens (primary N) is 1. The van der Waals surface area contributed by atoms with E-state index in [2.05, 4.69) is 40.5 Å². The van der Waals surface area contributed by atoms with E-state index >= 15 is 0 Å². The molecule has 0 aliphatic heterocycles. The van der Waals surface area contributed by atoms with Crippen molar-refractivity contribution in [1.29, 1.82) is 0 Å². The third-order valence-electron chi connectivity index (χ3n) is 3.60. The van der Waals surface area contributed by atoms with Crippen molar-refractivity contribution in [3.63, 3.8) is 0 Å². The number of anilines is 2. The molecule has 1 aromatic carbocycles. The van der Waals surface area contributed by atoms with E-state index in [0.717, 1.165) is 11.4 Å². The molecule has 4 N–H and O–H groups in total. The van der Waals surface area contributed by atoms with Crippen molar-refractivity contribution in [2.24, 2.45) is 10.7 Å². The lowest BCUT2D eigenvalue weighted by Crippen LogP contribution is -2.23. The number of aromatic nitrogens is 1. The highest BCUT2D eigenvalue weighted by Crippen LogP contribution is 2.18. The SMILES string of the molecule is Cc1cccc(NC(=O)CCN=C(N)Nc2cccc(C(C)C)c2)n1. The molecule has 0 atom stereocenters. The van der Waals surface area contributed by atoms with Crippen molar-refractivity contribution in [3.05, 3.63) is 53.7 Å². The summed E-state index contributed by atoms with van der Waals surface area (Å²) in [6.45, 7) is 6.46. The molecule has 1 heterocycles. The first-order chi connectivity index (χ1) is 11.9. The molecule has 0 aliphatic rings. The van der Waals surface area contributed by atoms with Crippen molar-refractivity contribution in [2.75, 3.05) is 17.2 Å². The van der Waals surface area contributed by atoms with Gasteiger partial charge in [0, 0.05) is 17.8 Å². The molecular formula is C19H25N5O. The zero-order chi connectivity index (χ0) is 18.2. The highest BCUT2D eigenvalue weighted by Gasteiger charge is 2.04. The van der Waals surface area contributed by atoms with Gasteiger partial charge < -0.3 is 16.4 Å². The molecule has 0 fully saturated rings. The lowest BCUT2D eigenvalue weighted by molar-refractivity contribution is -0.116. The van der Waals surface area contributed by atoms with Gasteiger partial charge in [-0.2, -0.15) is 0 Å². The summed E-state index contributed by atoms with van der Waals surface area (Å²) < 4.78 is 0. The summed E-state index contributed by atoms with van der Waals surface area (Å²) in [6.07, 6.45) is 0.240. The van der Waals surface area contributed by atoms with E-state index in [-0.39, 0.29) is 12.3 Å². The normalized spacial score (nSPS) is 11.4. The lowest BCUT2D eigenvalue weighted by atomic mass is 10.0. The van der Waals surface area contributed by atoms with Crippen molar-refractivity contribution in [1.82, 2.24) is 4.98 Å². The Labute approximate surface area is 148 Å². The fourth-order valence-electron chi connectivity index (χ4n) is 2.26. The number of carbonyl (C=O) groups is 1. The van der Waals surface area contributed by atoms with Gasteiger partial charge in [0.05, 0.1) is 6.54 Å². The third kappa shape index (κ3) is 6.25. The maximum absolute atomic E-state index is 11.9. The second-order valence-electron chi connectivity index (χ2n) is 6.13. The Hall–Kier alpha value is -2.89. The van der Waals surface area contributed by atoms with Crippen LogP contribution < -0.4 is 16.4 Å². The molecule has 0 bridgehead atoms. The highest BCUT2D eigenvalue weighted by molar-refractivity contribution is 5.93. The van der Waals surface area contributed by atoms with Gasteiger partial charge in [-0.1, -0.05) is 32.0 Å². The van der Waals surface area contributed by atoms with Crippen molar-refractivity contribution < 1.29 is 4.79 Å². The summed E-state index contributed by atoms with van der Waals surface area (Å²) in [4.78, 5) is 20.3. The molecule has 2 rings (SSSR count). The van der Waals surface area contributed by atoms with Crippen molar-refractivity contribution >= 4 is 23.4 Å². The standard InChI is InChI=1S/C19H25N5O/c1-13(2)15-7-5-8-16(12-15)23-19(20)21-11-10-18(25)24-17-9-4-6-14(3)22-17/h4-9,12-13H,10-11H2,1-3H3,(H3,20,21,23)(H,22,24,25). The second-order valence-corrected chi connectivity index (χ2v) is 6.13. The molecule has 0 aliphatic carbocycles. The fourth-order valence-corrected chi connectivity index (χ4v) is 2.26. The van der Waals surface area contributed by atoms with Crippen LogP contribution in [0.25, 0.3) is 0 Å². The number of carbonyl (C=O) groups excluding carboxylic acids is 1. The molecule has 0 unspecified atom stereocenters. The first-order valence-electron chi connectivity index (χ1n) is 8.34. The van der Waals surface area contributed by atoms with Crippen LogP contribution in [-0.2, 0) is 4.79 Å². The number of aliphatic imine (C=N–C) groups is 1. The first kappa shape index (κ1) is 18.4. The van der Waals surface area contributed by atoms with Gasteiger partial charge in [-0.05, 0) is 42.7 Å². The van der Waals surface area contributed by atoms with Gasteiger partial charge in [-0.25, -0.2) is 4.98 Å². The van der Waals surface area contributed by atoms with E-state index in [1.807, 2.05) is 37.3 Å². The van der Waals surface area contributed by atoms with Crippen molar-refractivity contribution in [3.8, 4) is 0 Å². The number of benzene rings is 1. The predicted molar refractivity (Wildman–Crippen MR) is 103 cm³/mol. The molecule has 0 radical (unpaired) electrons. The molecule has 25 heavy (non-hydrogen) atoms. The van der Waals surface area contributed by atoms with Gasteiger partial charge in [-0.3, -0.25) is 9.79 Å². The van der Waals surface area contributed by atoms with Crippen LogP contribution in [0.2, 0.25) is 0 Å². The molecule has 6 nitrogen and oxygen atoms in total. The average Bonchev–Trinajstić information content (AvgIpc) is 2.55. The lowest BCUT2D eigenvalue weighted by Gasteiger charge is -2.10. The maximum atomic E-state index is 11.9. The van der Waals surface area contributed by atoms with Gasteiger partial charge in [-0.15, -0.1) is 0 Å². The van der Waals surface area contributed by atoms with Gasteiger partial charge in [0.25, 0.3) is 0 Å². The van der Waals surface area contributed by atoms with Gasteiger partial charge >= 0.3 is 0 Å². The third-order valence-corrected chi connectivity index (χ3v) is 3.60. The monoisotopic (exact) mass is 339 g/mol. The minimum Gasteiger partial charge on any atom is -0.370 e.